The predicted octanol–water partition coefficient (Wildman–Crippen LogP) is 1.26. The van der Waals surface area contributed by atoms with E-state index < -0.39 is 28.1 Å². The molecule has 0 spiro atoms. The minimum Gasteiger partial charge on any atom is -0.335 e. The van der Waals surface area contributed by atoms with Crippen LogP contribution in [0.4, 0.5) is 13.2 Å². The van der Waals surface area contributed by atoms with Crippen LogP contribution in [0.1, 0.15) is 32.6 Å². The number of carbonyl (C=O) groups excluding carboxylic acids is 1. The van der Waals surface area contributed by atoms with Gasteiger partial charge in [-0.2, -0.15) is 13.2 Å². The van der Waals surface area contributed by atoms with Crippen molar-refractivity contribution in [3.8, 4) is 0 Å². The highest BCUT2D eigenvalue weighted by Crippen LogP contribution is 2.21. The second kappa shape index (κ2) is 6.75. The molecule has 0 atom stereocenters. The Morgan fingerprint density at radius 3 is 2.30 bits per heavy atom. The third kappa shape index (κ3) is 5.28. The van der Waals surface area contributed by atoms with Crippen LogP contribution in [0.3, 0.4) is 0 Å². The van der Waals surface area contributed by atoms with Crippen molar-refractivity contribution < 1.29 is 26.4 Å². The first kappa shape index (κ1) is 17.2. The third-order valence-electron chi connectivity index (χ3n) is 3.14. The summed E-state index contributed by atoms with van der Waals surface area (Å²) in [6.07, 6.45) is -3.17. The molecule has 0 aromatic rings. The smallest absolute Gasteiger partial charge is 0.335 e. The van der Waals surface area contributed by atoms with E-state index in [4.69, 9.17) is 0 Å². The number of nitrogens with one attached hydrogen (secondary N) is 1. The Labute approximate surface area is 116 Å². The van der Waals surface area contributed by atoms with Gasteiger partial charge in [-0.25, -0.2) is 13.1 Å². The molecule has 0 saturated carbocycles. The van der Waals surface area contributed by atoms with Gasteiger partial charge in [0.1, 0.15) is 0 Å². The molecule has 1 saturated heterocycles. The van der Waals surface area contributed by atoms with Crippen LogP contribution >= 0.6 is 0 Å². The molecule has 1 aliphatic heterocycles. The topological polar surface area (TPSA) is 66.5 Å². The molecule has 118 valence electrons. The molecule has 1 amide bonds. The number of hydrogen-bond donors (Lipinski definition) is 1. The molecule has 0 radical (unpaired) electrons. The monoisotopic (exact) mass is 316 g/mol. The van der Waals surface area contributed by atoms with Gasteiger partial charge in [0.05, 0.1) is 5.75 Å². The fourth-order valence-corrected chi connectivity index (χ4v) is 3.56. The van der Waals surface area contributed by atoms with E-state index in [1.54, 1.807) is 0 Å². The molecule has 0 aromatic carbocycles. The van der Waals surface area contributed by atoms with Crippen molar-refractivity contribution in [1.82, 2.24) is 9.62 Å². The number of sulfonamides is 1. The summed E-state index contributed by atoms with van der Waals surface area (Å²) in [7, 11) is -3.39. The van der Waals surface area contributed by atoms with E-state index in [-0.39, 0.29) is 31.7 Å². The highest BCUT2D eigenvalue weighted by molar-refractivity contribution is 7.89. The van der Waals surface area contributed by atoms with Crippen molar-refractivity contribution >= 4 is 15.9 Å². The maximum atomic E-state index is 12.2. The van der Waals surface area contributed by atoms with Crippen molar-refractivity contribution in [3.05, 3.63) is 0 Å². The number of hydrogen-bond acceptors (Lipinski definition) is 3. The SMILES string of the molecule is CCCCS(=O)(=O)NC1CCN(C(=O)C(F)(F)F)CC1. The second-order valence-corrected chi connectivity index (χ2v) is 6.73. The van der Waals surface area contributed by atoms with E-state index in [0.717, 1.165) is 11.3 Å². The highest BCUT2D eigenvalue weighted by atomic mass is 32.2. The van der Waals surface area contributed by atoms with Gasteiger partial charge in [0, 0.05) is 19.1 Å². The second-order valence-electron chi connectivity index (χ2n) is 4.85. The van der Waals surface area contributed by atoms with Crippen molar-refractivity contribution in [1.29, 1.82) is 0 Å². The molecule has 0 bridgehead atoms. The Morgan fingerprint density at radius 1 is 1.30 bits per heavy atom. The number of likely N-dealkylation sites (tertiary alicyclic amines) is 1. The fraction of sp³-hybridized carbons (Fsp3) is 0.909. The standard InChI is InChI=1S/C11H19F3N2O3S/c1-2-3-8-20(18,19)15-9-4-6-16(7-5-9)10(17)11(12,13)14/h9,15H,2-8H2,1H3. The molecular formula is C11H19F3N2O3S. The molecule has 9 heteroatoms. The Hall–Kier alpha value is -0.830. The molecule has 0 unspecified atom stereocenters. The summed E-state index contributed by atoms with van der Waals surface area (Å²) in [5.41, 5.74) is 0. The predicted molar refractivity (Wildman–Crippen MR) is 67.5 cm³/mol. The molecule has 1 rings (SSSR count). The minimum atomic E-state index is -4.87. The van der Waals surface area contributed by atoms with Crippen molar-refractivity contribution in [2.75, 3.05) is 18.8 Å². The van der Waals surface area contributed by atoms with Crippen LogP contribution in [0.5, 0.6) is 0 Å². The van der Waals surface area contributed by atoms with Gasteiger partial charge in [-0.1, -0.05) is 13.3 Å². The van der Waals surface area contributed by atoms with Gasteiger partial charge >= 0.3 is 12.1 Å². The zero-order valence-electron chi connectivity index (χ0n) is 11.2. The average molecular weight is 316 g/mol. The van der Waals surface area contributed by atoms with Crippen LogP contribution in [-0.2, 0) is 14.8 Å². The van der Waals surface area contributed by atoms with Crippen LogP contribution in [0, 0.1) is 0 Å². The van der Waals surface area contributed by atoms with Gasteiger partial charge in [0.15, 0.2) is 0 Å². The summed E-state index contributed by atoms with van der Waals surface area (Å²) in [6, 6.07) is -0.394. The number of piperidine rings is 1. The van der Waals surface area contributed by atoms with E-state index in [1.165, 1.54) is 0 Å². The summed E-state index contributed by atoms with van der Waals surface area (Å²) in [4.78, 5) is 11.7. The first-order valence-electron chi connectivity index (χ1n) is 6.52. The van der Waals surface area contributed by atoms with Gasteiger partial charge < -0.3 is 4.90 Å². The van der Waals surface area contributed by atoms with Gasteiger partial charge in [-0.3, -0.25) is 4.79 Å². The van der Waals surface area contributed by atoms with Crippen molar-refractivity contribution in [2.45, 2.75) is 44.8 Å². The lowest BCUT2D eigenvalue weighted by molar-refractivity contribution is -0.186. The molecule has 1 heterocycles. The summed E-state index contributed by atoms with van der Waals surface area (Å²) in [6.45, 7) is 1.70. The van der Waals surface area contributed by atoms with Gasteiger partial charge in [0.2, 0.25) is 10.0 Å². The maximum absolute atomic E-state index is 12.2. The van der Waals surface area contributed by atoms with E-state index in [1.807, 2.05) is 6.92 Å². The highest BCUT2D eigenvalue weighted by Gasteiger charge is 2.43. The van der Waals surface area contributed by atoms with Crippen molar-refractivity contribution in [2.24, 2.45) is 0 Å². The summed E-state index contributed by atoms with van der Waals surface area (Å²) in [5.74, 6) is -1.84. The molecular weight excluding hydrogens is 297 g/mol. The van der Waals surface area contributed by atoms with Crippen LogP contribution in [-0.4, -0.2) is 50.3 Å². The van der Waals surface area contributed by atoms with E-state index in [9.17, 15) is 26.4 Å². The van der Waals surface area contributed by atoms with Crippen LogP contribution in [0.2, 0.25) is 0 Å². The number of alkyl halides is 3. The number of nitrogens with zero attached hydrogens (tertiary/aromatic N) is 1. The average Bonchev–Trinajstić information content (AvgIpc) is 2.35. The fourth-order valence-electron chi connectivity index (χ4n) is 2.03. The number of rotatable bonds is 5. The Bertz CT molecular complexity index is 429. The Balaban J connectivity index is 2.45. The largest absolute Gasteiger partial charge is 0.471 e. The summed E-state index contributed by atoms with van der Waals surface area (Å²) < 4.78 is 62.5. The first-order valence-corrected chi connectivity index (χ1v) is 8.17. The lowest BCUT2D eigenvalue weighted by Gasteiger charge is -2.32. The van der Waals surface area contributed by atoms with Gasteiger partial charge in [0.25, 0.3) is 0 Å². The van der Waals surface area contributed by atoms with E-state index in [2.05, 4.69) is 4.72 Å². The zero-order valence-corrected chi connectivity index (χ0v) is 12.1. The Morgan fingerprint density at radius 2 is 1.85 bits per heavy atom. The van der Waals surface area contributed by atoms with Crippen LogP contribution in [0.15, 0.2) is 0 Å². The normalized spacial score (nSPS) is 18.3. The number of halogens is 3. The van der Waals surface area contributed by atoms with E-state index >= 15 is 0 Å². The summed E-state index contributed by atoms with van der Waals surface area (Å²) in [5, 5.41) is 0. The molecule has 20 heavy (non-hydrogen) atoms. The molecule has 1 N–H and O–H groups in total. The van der Waals surface area contributed by atoms with Gasteiger partial charge in [-0.05, 0) is 19.3 Å². The maximum Gasteiger partial charge on any atom is 0.471 e. The number of carbonyl (C=O) groups is 1. The van der Waals surface area contributed by atoms with Gasteiger partial charge in [-0.15, -0.1) is 0 Å². The van der Waals surface area contributed by atoms with Crippen molar-refractivity contribution in [3.63, 3.8) is 0 Å². The molecule has 0 aliphatic carbocycles. The molecule has 5 nitrogen and oxygen atoms in total. The molecule has 1 fully saturated rings. The molecule has 0 aromatic heterocycles. The lowest BCUT2D eigenvalue weighted by Crippen LogP contribution is -2.50. The summed E-state index contributed by atoms with van der Waals surface area (Å²) >= 11 is 0. The first-order chi connectivity index (χ1) is 9.15. The van der Waals surface area contributed by atoms with Crippen LogP contribution in [0.25, 0.3) is 0 Å². The lowest BCUT2D eigenvalue weighted by atomic mass is 10.1. The number of amides is 1. The molecule has 1 aliphatic rings. The van der Waals surface area contributed by atoms with Crippen LogP contribution < -0.4 is 4.72 Å². The van der Waals surface area contributed by atoms with E-state index in [0.29, 0.717) is 6.42 Å². The third-order valence-corrected chi connectivity index (χ3v) is 4.66. The Kier molecular flexibility index (Phi) is 5.81. The number of unbranched alkanes of at least 4 members (excludes halogenated alkanes) is 1. The quantitative estimate of drug-likeness (QED) is 0.830. The minimum absolute atomic E-state index is 0.0190. The zero-order chi connectivity index (χ0) is 15.4.